The number of likely N-dealkylation sites (N-methyl/N-ethyl adjacent to an activating group) is 1. The Kier molecular flexibility index (Phi) is 7.37. The molecule has 0 unspecified atom stereocenters. The SMILES string of the molecule is C[C@H](Oc1cc(-c2ccc(N)nc2)nc(C(=O)C2=C(N)[C@@]3(CCC2)CCCc2sc(N)c(C#N)c23)n1)[C@@H]1CCCN1C. The lowest BCUT2D eigenvalue weighted by molar-refractivity contribution is 0.0999. The van der Waals surface area contributed by atoms with E-state index in [2.05, 4.69) is 33.0 Å². The zero-order valence-corrected chi connectivity index (χ0v) is 24.8. The minimum absolute atomic E-state index is 0.0303. The molecule has 2 aliphatic carbocycles. The van der Waals surface area contributed by atoms with Crippen LogP contribution in [0.4, 0.5) is 10.8 Å². The van der Waals surface area contributed by atoms with Gasteiger partial charge in [-0.3, -0.25) is 9.69 Å². The number of nitrogens with zero attached hydrogens (tertiary/aromatic N) is 5. The van der Waals surface area contributed by atoms with E-state index in [4.69, 9.17) is 21.9 Å². The second-order valence-corrected chi connectivity index (χ2v) is 12.8. The molecule has 4 heterocycles. The van der Waals surface area contributed by atoms with Crippen molar-refractivity contribution in [2.24, 2.45) is 5.73 Å². The number of pyridine rings is 1. The lowest BCUT2D eigenvalue weighted by Crippen LogP contribution is -2.41. The van der Waals surface area contributed by atoms with Crippen molar-refractivity contribution >= 4 is 27.9 Å². The zero-order chi connectivity index (χ0) is 29.6. The number of carbonyl (C=O) groups is 1. The number of hydrogen-bond donors (Lipinski definition) is 3. The summed E-state index contributed by atoms with van der Waals surface area (Å²) in [5.74, 6) is 0.431. The summed E-state index contributed by atoms with van der Waals surface area (Å²) in [7, 11) is 2.10. The number of hydrogen-bond acceptors (Lipinski definition) is 11. The molecule has 1 fully saturated rings. The first-order chi connectivity index (χ1) is 20.2. The van der Waals surface area contributed by atoms with Crippen LogP contribution in [0, 0.1) is 11.3 Å². The zero-order valence-electron chi connectivity index (χ0n) is 24.0. The maximum atomic E-state index is 14.2. The van der Waals surface area contributed by atoms with Crippen LogP contribution in [0.15, 0.2) is 35.7 Å². The van der Waals surface area contributed by atoms with Gasteiger partial charge in [0, 0.05) is 45.4 Å². The number of thiophene rings is 1. The van der Waals surface area contributed by atoms with Crippen molar-refractivity contribution in [3.05, 3.63) is 57.5 Å². The molecule has 3 aliphatic rings. The van der Waals surface area contributed by atoms with Crippen molar-refractivity contribution in [3.63, 3.8) is 0 Å². The van der Waals surface area contributed by atoms with E-state index in [1.807, 2.05) is 13.0 Å². The number of aromatic nitrogens is 3. The van der Waals surface area contributed by atoms with Crippen LogP contribution in [0.3, 0.4) is 0 Å². The van der Waals surface area contributed by atoms with Crippen LogP contribution < -0.4 is 21.9 Å². The molecule has 0 aromatic carbocycles. The van der Waals surface area contributed by atoms with E-state index in [0.717, 1.165) is 61.9 Å². The molecule has 0 bridgehead atoms. The summed E-state index contributed by atoms with van der Waals surface area (Å²) in [6.45, 7) is 3.06. The minimum atomic E-state index is -0.588. The van der Waals surface area contributed by atoms with Crippen LogP contribution in [-0.4, -0.2) is 51.4 Å². The fraction of sp³-hybridized carbons (Fsp3) is 0.452. The Morgan fingerprint density at radius 1 is 1.19 bits per heavy atom. The molecule has 42 heavy (non-hydrogen) atoms. The number of nitriles is 1. The summed E-state index contributed by atoms with van der Waals surface area (Å²) in [6, 6.07) is 7.83. The van der Waals surface area contributed by atoms with Gasteiger partial charge < -0.3 is 21.9 Å². The number of fused-ring (bicyclic) bond motifs is 2. The highest BCUT2D eigenvalue weighted by Gasteiger charge is 2.46. The maximum Gasteiger partial charge on any atom is 0.228 e. The highest BCUT2D eigenvalue weighted by atomic mass is 32.1. The van der Waals surface area contributed by atoms with Crippen LogP contribution in [0.1, 0.15) is 78.5 Å². The Hall–Kier alpha value is -4.01. The predicted octanol–water partition coefficient (Wildman–Crippen LogP) is 4.35. The van der Waals surface area contributed by atoms with Crippen LogP contribution >= 0.6 is 11.3 Å². The number of likely N-dealkylation sites (tertiary alicyclic amines) is 1. The van der Waals surface area contributed by atoms with Crippen LogP contribution in [0.2, 0.25) is 0 Å². The van der Waals surface area contributed by atoms with Gasteiger partial charge in [0.05, 0.1) is 11.3 Å². The first-order valence-electron chi connectivity index (χ1n) is 14.5. The molecule has 3 atom stereocenters. The van der Waals surface area contributed by atoms with Gasteiger partial charge in [-0.15, -0.1) is 11.3 Å². The van der Waals surface area contributed by atoms with Crippen molar-refractivity contribution in [2.75, 3.05) is 25.1 Å². The van der Waals surface area contributed by atoms with E-state index in [1.165, 1.54) is 11.3 Å². The van der Waals surface area contributed by atoms with E-state index in [1.54, 1.807) is 18.3 Å². The summed E-state index contributed by atoms with van der Waals surface area (Å²) in [4.78, 5) is 31.2. The maximum absolute atomic E-state index is 14.2. The van der Waals surface area contributed by atoms with Gasteiger partial charge in [-0.25, -0.2) is 9.97 Å². The van der Waals surface area contributed by atoms with Crippen LogP contribution in [0.5, 0.6) is 5.88 Å². The van der Waals surface area contributed by atoms with Gasteiger partial charge in [-0.05, 0) is 89.6 Å². The van der Waals surface area contributed by atoms with Gasteiger partial charge in [0.2, 0.25) is 17.5 Å². The molecule has 10 nitrogen and oxygen atoms in total. The minimum Gasteiger partial charge on any atom is -0.473 e. The van der Waals surface area contributed by atoms with Crippen molar-refractivity contribution in [2.45, 2.75) is 75.9 Å². The van der Waals surface area contributed by atoms with Gasteiger partial charge in [-0.2, -0.15) is 10.2 Å². The van der Waals surface area contributed by atoms with Crippen LogP contribution in [-0.2, 0) is 11.8 Å². The lowest BCUT2D eigenvalue weighted by Gasteiger charge is -2.42. The highest BCUT2D eigenvalue weighted by molar-refractivity contribution is 7.16. The fourth-order valence-electron chi connectivity index (χ4n) is 7.07. The third kappa shape index (κ3) is 4.78. The van der Waals surface area contributed by atoms with E-state index >= 15 is 0 Å². The van der Waals surface area contributed by atoms with Gasteiger partial charge in [0.25, 0.3) is 0 Å². The van der Waals surface area contributed by atoms with Crippen LogP contribution in [0.25, 0.3) is 11.3 Å². The Morgan fingerprint density at radius 3 is 2.67 bits per heavy atom. The molecule has 0 amide bonds. The van der Waals surface area contributed by atoms with Crippen molar-refractivity contribution in [1.29, 1.82) is 5.26 Å². The quantitative estimate of drug-likeness (QED) is 0.354. The first-order valence-corrected chi connectivity index (χ1v) is 15.4. The number of rotatable bonds is 6. The second-order valence-electron chi connectivity index (χ2n) is 11.7. The summed E-state index contributed by atoms with van der Waals surface area (Å²) < 4.78 is 6.36. The number of carbonyl (C=O) groups excluding carboxylic acids is 1. The number of nitrogens with two attached hydrogens (primary N) is 3. The average Bonchev–Trinajstić information content (AvgIpc) is 3.56. The second kappa shape index (κ2) is 11.0. The van der Waals surface area contributed by atoms with Crippen molar-refractivity contribution in [3.8, 4) is 23.2 Å². The monoisotopic (exact) mass is 584 g/mol. The van der Waals surface area contributed by atoms with E-state index in [0.29, 0.717) is 51.2 Å². The first kappa shape index (κ1) is 28.1. The number of allylic oxidation sites excluding steroid dienone is 2. The largest absolute Gasteiger partial charge is 0.473 e. The molecule has 0 saturated carbocycles. The Balaban J connectivity index is 1.42. The third-order valence-corrected chi connectivity index (χ3v) is 10.2. The van der Waals surface area contributed by atoms with E-state index in [9.17, 15) is 10.1 Å². The van der Waals surface area contributed by atoms with Gasteiger partial charge in [-0.1, -0.05) is 0 Å². The standard InChI is InChI=1S/C31H36N8O2S/c1-17(22-7-5-13-39(22)2)41-25-14-21(18-9-10-24(33)36-16-18)37-30(38-25)27(40)19-6-3-11-31(28(19)34)12-4-8-23-26(31)20(15-32)29(35)42-23/h9-10,14,16-17,22H,3-8,11-13,34-35H2,1-2H3,(H2,33,36)/t17-,22-,31-/m0/s1. The van der Waals surface area contributed by atoms with Gasteiger partial charge in [0.15, 0.2) is 0 Å². The molecule has 11 heteroatoms. The Labute approximate surface area is 249 Å². The Bertz CT molecular complexity index is 1610. The summed E-state index contributed by atoms with van der Waals surface area (Å²) in [6.07, 6.45) is 8.24. The molecular weight excluding hydrogens is 548 g/mol. The normalized spacial score (nSPS) is 23.0. The Morgan fingerprint density at radius 2 is 1.98 bits per heavy atom. The highest BCUT2D eigenvalue weighted by Crippen LogP contribution is 2.53. The van der Waals surface area contributed by atoms with E-state index in [-0.39, 0.29) is 23.8 Å². The predicted molar refractivity (Wildman–Crippen MR) is 163 cm³/mol. The molecule has 3 aromatic rings. The number of ether oxygens (including phenoxy) is 1. The number of ketones is 1. The molecule has 1 spiro atoms. The van der Waals surface area contributed by atoms with Crippen molar-refractivity contribution in [1.82, 2.24) is 19.9 Å². The van der Waals surface area contributed by atoms with E-state index < -0.39 is 5.41 Å². The smallest absolute Gasteiger partial charge is 0.228 e. The van der Waals surface area contributed by atoms with Crippen molar-refractivity contribution < 1.29 is 9.53 Å². The lowest BCUT2D eigenvalue weighted by atomic mass is 9.62. The third-order valence-electron chi connectivity index (χ3n) is 9.16. The fourth-order valence-corrected chi connectivity index (χ4v) is 8.23. The summed E-state index contributed by atoms with van der Waals surface area (Å²) in [5.41, 5.74) is 22.1. The summed E-state index contributed by atoms with van der Waals surface area (Å²) in [5, 5.41) is 10.5. The topological polar surface area (TPSA) is 170 Å². The van der Waals surface area contributed by atoms with Gasteiger partial charge >= 0.3 is 0 Å². The molecule has 6 rings (SSSR count). The molecule has 1 aliphatic heterocycles. The average molecular weight is 585 g/mol. The molecule has 3 aromatic heterocycles. The van der Waals surface area contributed by atoms with Gasteiger partial charge in [0.1, 0.15) is 23.0 Å². The molecular formula is C31H36N8O2S. The number of nitrogen functional groups attached to an aromatic ring is 2. The molecule has 6 N–H and O–H groups in total. The number of anilines is 2. The molecule has 0 radical (unpaired) electrons. The number of aryl methyl sites for hydroxylation is 1. The molecule has 218 valence electrons. The summed E-state index contributed by atoms with van der Waals surface area (Å²) >= 11 is 1.47. The number of Topliss-reactive ketones (excluding diaryl/α,β-unsaturated/α-hetero) is 1. The molecule has 1 saturated heterocycles.